The van der Waals surface area contributed by atoms with Crippen molar-refractivity contribution < 1.29 is 4.74 Å². The van der Waals surface area contributed by atoms with E-state index in [2.05, 4.69) is 108 Å². The fourth-order valence-electron chi connectivity index (χ4n) is 5.82. The van der Waals surface area contributed by atoms with E-state index in [1.54, 1.807) is 0 Å². The number of ether oxygens (including phenoxy) is 1. The van der Waals surface area contributed by atoms with Gasteiger partial charge in [0.15, 0.2) is 0 Å². The molecule has 1 saturated heterocycles. The van der Waals surface area contributed by atoms with Gasteiger partial charge in [0.2, 0.25) is 0 Å². The lowest BCUT2D eigenvalue weighted by molar-refractivity contribution is -0.0812. The molecule has 1 aliphatic carbocycles. The van der Waals surface area contributed by atoms with Crippen molar-refractivity contribution in [1.82, 2.24) is 0 Å². The third kappa shape index (κ3) is 1.33. The van der Waals surface area contributed by atoms with Crippen LogP contribution in [0.3, 0.4) is 0 Å². The summed E-state index contributed by atoms with van der Waals surface area (Å²) in [6, 6.07) is 30.3. The van der Waals surface area contributed by atoms with Crippen LogP contribution in [0, 0.1) is 5.41 Å². The van der Waals surface area contributed by atoms with Gasteiger partial charge in [-0.1, -0.05) is 108 Å². The summed E-state index contributed by atoms with van der Waals surface area (Å²) in [5.41, 5.74) is 4.28. The van der Waals surface area contributed by atoms with E-state index < -0.39 is 11.2 Å². The molecule has 0 radical (unpaired) electrons. The Labute approximate surface area is 162 Å². The lowest BCUT2D eigenvalue weighted by Gasteiger charge is -2.36. The van der Waals surface area contributed by atoms with Crippen molar-refractivity contribution in [3.05, 3.63) is 107 Å². The van der Waals surface area contributed by atoms with Crippen LogP contribution in [0.1, 0.15) is 35.6 Å². The Morgan fingerprint density at radius 3 is 1.73 bits per heavy atom. The summed E-state index contributed by atoms with van der Waals surface area (Å²) in [5, 5.41) is 0. The predicted octanol–water partition coefficient (Wildman–Crippen LogP) is 5.76. The third-order valence-electron chi connectivity index (χ3n) is 7.03. The smallest absolute Gasteiger partial charge is 0.136 e. The number of hydrogen-bond acceptors (Lipinski definition) is 1. The molecule has 2 heterocycles. The molecule has 2 heteroatoms. The standard InChI is InChI=1S/C24H19BrO/c1-21-16-22(21,25)24(18-12-6-3-7-13-18)20-15-9-8-14-19(20)23(21,26-24)17-10-4-2-5-11-17/h2-15H,16H2,1H3/t21-,22-,23+,24-/m0/s1. The van der Waals surface area contributed by atoms with Crippen LogP contribution in [-0.4, -0.2) is 4.32 Å². The second-order valence-corrected chi connectivity index (χ2v) is 9.41. The van der Waals surface area contributed by atoms with Crippen molar-refractivity contribution in [2.75, 3.05) is 0 Å². The Bertz CT molecular complexity index is 950. The highest BCUT2D eigenvalue weighted by Gasteiger charge is 2.91. The number of benzene rings is 3. The molecule has 2 aliphatic heterocycles. The van der Waals surface area contributed by atoms with Crippen LogP contribution in [0.5, 0.6) is 0 Å². The fourth-order valence-corrected chi connectivity index (χ4v) is 7.19. The van der Waals surface area contributed by atoms with E-state index in [0.29, 0.717) is 0 Å². The Morgan fingerprint density at radius 1 is 0.692 bits per heavy atom. The van der Waals surface area contributed by atoms with Gasteiger partial charge in [-0.2, -0.15) is 0 Å². The molecule has 2 fully saturated rings. The maximum Gasteiger partial charge on any atom is 0.136 e. The second kappa shape index (κ2) is 4.49. The molecule has 2 bridgehead atoms. The molecule has 128 valence electrons. The molecular weight excluding hydrogens is 384 g/mol. The second-order valence-electron chi connectivity index (χ2n) is 8.05. The topological polar surface area (TPSA) is 9.23 Å². The van der Waals surface area contributed by atoms with E-state index >= 15 is 0 Å². The minimum Gasteiger partial charge on any atom is -0.347 e. The normalized spacial score (nSPS) is 38.7. The van der Waals surface area contributed by atoms with Crippen LogP contribution in [0.4, 0.5) is 0 Å². The first kappa shape index (κ1) is 15.2. The van der Waals surface area contributed by atoms with Gasteiger partial charge < -0.3 is 4.74 Å². The fraction of sp³-hybridized carbons (Fsp3) is 0.250. The summed E-state index contributed by atoms with van der Waals surface area (Å²) < 4.78 is 7.13. The summed E-state index contributed by atoms with van der Waals surface area (Å²) in [7, 11) is 0. The summed E-state index contributed by atoms with van der Waals surface area (Å²) in [5.74, 6) is 0. The van der Waals surface area contributed by atoms with Gasteiger partial charge in [-0.3, -0.25) is 0 Å². The summed E-state index contributed by atoms with van der Waals surface area (Å²) in [4.78, 5) is 0. The molecule has 3 aromatic carbocycles. The maximum atomic E-state index is 7.21. The van der Waals surface area contributed by atoms with Gasteiger partial charge in [-0.05, 0) is 28.7 Å². The lowest BCUT2D eigenvalue weighted by atomic mass is 9.66. The van der Waals surface area contributed by atoms with Crippen molar-refractivity contribution in [2.24, 2.45) is 5.41 Å². The molecule has 1 nitrogen and oxygen atoms in total. The lowest BCUT2D eigenvalue weighted by Crippen LogP contribution is -2.39. The van der Waals surface area contributed by atoms with Crippen molar-refractivity contribution in [3.63, 3.8) is 0 Å². The van der Waals surface area contributed by atoms with Crippen LogP contribution in [0.25, 0.3) is 0 Å². The zero-order chi connectivity index (χ0) is 17.6. The van der Waals surface area contributed by atoms with Crippen molar-refractivity contribution in [2.45, 2.75) is 28.9 Å². The van der Waals surface area contributed by atoms with Gasteiger partial charge in [0.1, 0.15) is 11.2 Å². The highest BCUT2D eigenvalue weighted by atomic mass is 79.9. The predicted molar refractivity (Wildman–Crippen MR) is 106 cm³/mol. The van der Waals surface area contributed by atoms with E-state index in [1.807, 2.05) is 0 Å². The molecule has 26 heavy (non-hydrogen) atoms. The number of rotatable bonds is 2. The molecule has 0 spiro atoms. The van der Waals surface area contributed by atoms with Gasteiger partial charge in [0.25, 0.3) is 0 Å². The first-order valence-electron chi connectivity index (χ1n) is 9.20. The number of fused-ring (bicyclic) bond motifs is 8. The highest BCUT2D eigenvalue weighted by molar-refractivity contribution is 9.10. The van der Waals surface area contributed by atoms with E-state index in [1.165, 1.54) is 22.3 Å². The Hall–Kier alpha value is -1.90. The van der Waals surface area contributed by atoms with Crippen LogP contribution < -0.4 is 0 Å². The summed E-state index contributed by atoms with van der Waals surface area (Å²) in [6.45, 7) is 2.38. The number of halogens is 1. The number of hydrogen-bond donors (Lipinski definition) is 0. The third-order valence-corrected chi connectivity index (χ3v) is 8.75. The number of alkyl halides is 1. The van der Waals surface area contributed by atoms with Gasteiger partial charge in [-0.15, -0.1) is 0 Å². The van der Waals surface area contributed by atoms with Crippen LogP contribution >= 0.6 is 15.9 Å². The van der Waals surface area contributed by atoms with E-state index in [9.17, 15) is 0 Å². The Kier molecular flexibility index (Phi) is 2.63. The van der Waals surface area contributed by atoms with Crippen LogP contribution in [0.15, 0.2) is 84.9 Å². The molecule has 0 amide bonds. The SMILES string of the molecule is C[C@]12C[C@@]1(Br)[C@@]1(c3ccccc3)O[C@]2(c2ccccc2)c2ccccc21. The van der Waals surface area contributed by atoms with Crippen LogP contribution in [0.2, 0.25) is 0 Å². The van der Waals surface area contributed by atoms with Gasteiger partial charge >= 0.3 is 0 Å². The molecule has 6 rings (SSSR count). The van der Waals surface area contributed by atoms with Crippen LogP contribution in [-0.2, 0) is 15.9 Å². The monoisotopic (exact) mass is 402 g/mol. The average molecular weight is 403 g/mol. The largest absolute Gasteiger partial charge is 0.347 e. The Morgan fingerprint density at radius 2 is 1.15 bits per heavy atom. The summed E-state index contributed by atoms with van der Waals surface area (Å²) >= 11 is 4.20. The van der Waals surface area contributed by atoms with Gasteiger partial charge in [0.05, 0.1) is 4.32 Å². The maximum absolute atomic E-state index is 7.21. The molecule has 3 aliphatic rings. The minimum atomic E-state index is -0.449. The molecule has 3 aromatic rings. The molecule has 4 atom stereocenters. The quantitative estimate of drug-likeness (QED) is 0.495. The van der Waals surface area contributed by atoms with E-state index in [-0.39, 0.29) is 9.74 Å². The van der Waals surface area contributed by atoms with Crippen molar-refractivity contribution >= 4 is 15.9 Å². The average Bonchev–Trinajstić information content (AvgIpc) is 3.08. The van der Waals surface area contributed by atoms with Crippen molar-refractivity contribution in [1.29, 1.82) is 0 Å². The minimum absolute atomic E-state index is 0.0194. The molecule has 0 N–H and O–H groups in total. The molecule has 0 aromatic heterocycles. The van der Waals surface area contributed by atoms with E-state index in [0.717, 1.165) is 6.42 Å². The van der Waals surface area contributed by atoms with E-state index in [4.69, 9.17) is 4.74 Å². The molecular formula is C24H19BrO. The molecule has 1 saturated carbocycles. The Balaban J connectivity index is 1.75. The zero-order valence-corrected chi connectivity index (χ0v) is 16.2. The molecule has 0 unspecified atom stereocenters. The zero-order valence-electron chi connectivity index (χ0n) is 14.6. The first-order valence-corrected chi connectivity index (χ1v) is 10.00. The van der Waals surface area contributed by atoms with Crippen molar-refractivity contribution in [3.8, 4) is 0 Å². The van der Waals surface area contributed by atoms with Gasteiger partial charge in [0, 0.05) is 5.41 Å². The summed E-state index contributed by atoms with van der Waals surface area (Å²) in [6.07, 6.45) is 1.10. The first-order chi connectivity index (χ1) is 12.6. The van der Waals surface area contributed by atoms with Gasteiger partial charge in [-0.25, -0.2) is 0 Å². The highest BCUT2D eigenvalue weighted by Crippen LogP contribution is 2.89.